The summed E-state index contributed by atoms with van der Waals surface area (Å²) in [4.78, 5) is 0.860. The molecule has 0 amide bonds. The van der Waals surface area contributed by atoms with Crippen molar-refractivity contribution in [1.29, 1.82) is 0 Å². The number of rotatable bonds is 6. The van der Waals surface area contributed by atoms with Crippen molar-refractivity contribution in [2.75, 3.05) is 27.3 Å². The second-order valence-corrected chi connectivity index (χ2v) is 6.68. The Morgan fingerprint density at radius 3 is 2.69 bits per heavy atom. The van der Waals surface area contributed by atoms with Crippen LogP contribution in [-0.2, 0) is 21.3 Å². The maximum Gasteiger partial charge on any atom is 0.252 e. The first kappa shape index (κ1) is 13.6. The van der Waals surface area contributed by atoms with E-state index < -0.39 is 10.0 Å². The summed E-state index contributed by atoms with van der Waals surface area (Å²) in [7, 11) is -0.306. The molecule has 1 aromatic rings. The van der Waals surface area contributed by atoms with Crippen molar-refractivity contribution in [2.24, 2.45) is 5.73 Å². The zero-order chi connectivity index (χ0) is 12.2. The molecule has 0 aliphatic rings. The van der Waals surface area contributed by atoms with Gasteiger partial charge in [-0.1, -0.05) is 0 Å². The number of sulfonamides is 1. The zero-order valence-electron chi connectivity index (χ0n) is 9.34. The summed E-state index contributed by atoms with van der Waals surface area (Å²) in [6.07, 6.45) is 0. The Morgan fingerprint density at radius 1 is 1.50 bits per heavy atom. The molecule has 2 N–H and O–H groups in total. The molecule has 0 spiro atoms. The van der Waals surface area contributed by atoms with Gasteiger partial charge >= 0.3 is 0 Å². The lowest BCUT2D eigenvalue weighted by Crippen LogP contribution is -2.29. The molecule has 16 heavy (non-hydrogen) atoms. The van der Waals surface area contributed by atoms with Gasteiger partial charge in [-0.15, -0.1) is 11.3 Å². The smallest absolute Gasteiger partial charge is 0.252 e. The number of hydrogen-bond acceptors (Lipinski definition) is 5. The van der Waals surface area contributed by atoms with Gasteiger partial charge in [0, 0.05) is 32.1 Å². The van der Waals surface area contributed by atoms with E-state index in [1.807, 2.05) is 0 Å². The molecular formula is C9H16N2O3S2. The molecule has 0 saturated carbocycles. The maximum atomic E-state index is 12.0. The highest BCUT2D eigenvalue weighted by Gasteiger charge is 2.22. The highest BCUT2D eigenvalue weighted by Crippen LogP contribution is 2.23. The van der Waals surface area contributed by atoms with Crippen LogP contribution in [0, 0.1) is 0 Å². The number of thiophene rings is 1. The van der Waals surface area contributed by atoms with E-state index >= 15 is 0 Å². The third kappa shape index (κ3) is 3.02. The molecule has 0 atom stereocenters. The standard InChI is InChI=1S/C9H16N2O3S2/c1-11(5-6-14-2)16(12,13)9-4-3-8(7-10)15-9/h3-4H,5-7,10H2,1-2H3. The van der Waals surface area contributed by atoms with E-state index in [1.54, 1.807) is 12.1 Å². The quantitative estimate of drug-likeness (QED) is 0.811. The number of hydrogen-bond donors (Lipinski definition) is 1. The first-order valence-electron chi connectivity index (χ1n) is 4.76. The minimum atomic E-state index is -3.38. The first-order chi connectivity index (χ1) is 7.52. The summed E-state index contributed by atoms with van der Waals surface area (Å²) in [6.45, 7) is 1.08. The minimum absolute atomic E-state index is 0.326. The second kappa shape index (κ2) is 5.74. The molecule has 0 unspecified atom stereocenters. The van der Waals surface area contributed by atoms with Crippen LogP contribution in [0.3, 0.4) is 0 Å². The van der Waals surface area contributed by atoms with Crippen molar-refractivity contribution in [2.45, 2.75) is 10.8 Å². The van der Waals surface area contributed by atoms with Gasteiger partial charge in [0.25, 0.3) is 10.0 Å². The van der Waals surface area contributed by atoms with Crippen LogP contribution in [0.5, 0.6) is 0 Å². The van der Waals surface area contributed by atoms with E-state index in [2.05, 4.69) is 0 Å². The lowest BCUT2D eigenvalue weighted by molar-refractivity contribution is 0.185. The van der Waals surface area contributed by atoms with E-state index in [-0.39, 0.29) is 0 Å². The number of nitrogens with two attached hydrogens (primary N) is 1. The van der Waals surface area contributed by atoms with Crippen LogP contribution < -0.4 is 5.73 Å². The number of likely N-dealkylation sites (N-methyl/N-ethyl adjacent to an activating group) is 1. The van der Waals surface area contributed by atoms with E-state index in [0.717, 1.165) is 4.88 Å². The van der Waals surface area contributed by atoms with Gasteiger partial charge in [-0.05, 0) is 12.1 Å². The fraction of sp³-hybridized carbons (Fsp3) is 0.556. The maximum absolute atomic E-state index is 12.0. The Kier molecular flexibility index (Phi) is 4.88. The second-order valence-electron chi connectivity index (χ2n) is 3.24. The Bertz CT molecular complexity index is 428. The molecule has 0 radical (unpaired) electrons. The highest BCUT2D eigenvalue weighted by molar-refractivity contribution is 7.91. The molecule has 0 aromatic carbocycles. The molecule has 1 rings (SSSR count). The molecule has 1 heterocycles. The van der Waals surface area contributed by atoms with E-state index in [4.69, 9.17) is 10.5 Å². The van der Waals surface area contributed by atoms with Gasteiger partial charge in [-0.25, -0.2) is 8.42 Å². The summed E-state index contributed by atoms with van der Waals surface area (Å²) in [6, 6.07) is 3.33. The van der Waals surface area contributed by atoms with Gasteiger partial charge in [0.1, 0.15) is 4.21 Å². The molecule has 92 valence electrons. The molecule has 5 nitrogen and oxygen atoms in total. The van der Waals surface area contributed by atoms with Crippen LogP contribution in [0.4, 0.5) is 0 Å². The van der Waals surface area contributed by atoms with Gasteiger partial charge in [-0.3, -0.25) is 0 Å². The van der Waals surface area contributed by atoms with Crippen molar-refractivity contribution in [3.8, 4) is 0 Å². The monoisotopic (exact) mass is 264 g/mol. The normalized spacial score (nSPS) is 12.2. The van der Waals surface area contributed by atoms with Crippen molar-refractivity contribution < 1.29 is 13.2 Å². The summed E-state index contributed by atoms with van der Waals surface area (Å²) in [5, 5.41) is 0. The van der Waals surface area contributed by atoms with Crippen molar-refractivity contribution in [1.82, 2.24) is 4.31 Å². The average molecular weight is 264 g/mol. The van der Waals surface area contributed by atoms with Crippen LogP contribution in [-0.4, -0.2) is 40.0 Å². The fourth-order valence-electron chi connectivity index (χ4n) is 1.10. The zero-order valence-corrected chi connectivity index (χ0v) is 11.0. The van der Waals surface area contributed by atoms with Gasteiger partial charge in [-0.2, -0.15) is 4.31 Å². The molecule has 7 heteroatoms. The molecule has 0 fully saturated rings. The summed E-state index contributed by atoms with van der Waals surface area (Å²) in [5.74, 6) is 0. The van der Waals surface area contributed by atoms with Gasteiger partial charge in [0.15, 0.2) is 0 Å². The predicted octanol–water partition coefficient (Wildman–Crippen LogP) is 0.474. The molecule has 0 aliphatic carbocycles. The van der Waals surface area contributed by atoms with Gasteiger partial charge in [0.05, 0.1) is 6.61 Å². The number of methoxy groups -OCH3 is 1. The predicted molar refractivity (Wildman–Crippen MR) is 63.9 cm³/mol. The number of ether oxygens (including phenoxy) is 1. The van der Waals surface area contributed by atoms with Crippen molar-refractivity contribution >= 4 is 21.4 Å². The van der Waals surface area contributed by atoms with Crippen LogP contribution >= 0.6 is 11.3 Å². The van der Waals surface area contributed by atoms with Gasteiger partial charge in [0.2, 0.25) is 0 Å². The Hall–Kier alpha value is -0.470. The fourth-order valence-corrected chi connectivity index (χ4v) is 3.70. The third-order valence-corrected chi connectivity index (χ3v) is 5.54. The third-order valence-electron chi connectivity index (χ3n) is 2.11. The van der Waals surface area contributed by atoms with Crippen LogP contribution in [0.15, 0.2) is 16.3 Å². The van der Waals surface area contributed by atoms with E-state index in [1.165, 1.54) is 29.8 Å². The molecule has 1 aromatic heterocycles. The summed E-state index contributed by atoms with van der Waals surface area (Å²) in [5.41, 5.74) is 5.44. The van der Waals surface area contributed by atoms with Crippen LogP contribution in [0.1, 0.15) is 4.88 Å². The van der Waals surface area contributed by atoms with Gasteiger partial charge < -0.3 is 10.5 Å². The Morgan fingerprint density at radius 2 is 2.19 bits per heavy atom. The topological polar surface area (TPSA) is 72.6 Å². The minimum Gasteiger partial charge on any atom is -0.383 e. The molecule has 0 saturated heterocycles. The lowest BCUT2D eigenvalue weighted by Gasteiger charge is -2.14. The Balaban J connectivity index is 2.84. The Labute approximate surface area is 99.9 Å². The average Bonchev–Trinajstić information content (AvgIpc) is 2.74. The number of nitrogens with zero attached hydrogens (tertiary/aromatic N) is 1. The van der Waals surface area contributed by atoms with Crippen LogP contribution in [0.25, 0.3) is 0 Å². The van der Waals surface area contributed by atoms with E-state index in [9.17, 15) is 8.42 Å². The largest absolute Gasteiger partial charge is 0.383 e. The molecule has 0 aliphatic heterocycles. The van der Waals surface area contributed by atoms with Crippen LogP contribution in [0.2, 0.25) is 0 Å². The van der Waals surface area contributed by atoms with Crippen molar-refractivity contribution in [3.05, 3.63) is 17.0 Å². The SMILES string of the molecule is COCCN(C)S(=O)(=O)c1ccc(CN)s1. The lowest BCUT2D eigenvalue weighted by atomic mass is 10.5. The molecule has 0 bridgehead atoms. The summed E-state index contributed by atoms with van der Waals surface area (Å²) < 4.78 is 30.5. The summed E-state index contributed by atoms with van der Waals surface area (Å²) >= 11 is 1.21. The van der Waals surface area contributed by atoms with Crippen molar-refractivity contribution in [3.63, 3.8) is 0 Å². The molecular weight excluding hydrogens is 248 g/mol. The van der Waals surface area contributed by atoms with E-state index in [0.29, 0.717) is 23.9 Å². The first-order valence-corrected chi connectivity index (χ1v) is 7.02. The highest BCUT2D eigenvalue weighted by atomic mass is 32.2.